The van der Waals surface area contributed by atoms with Crippen LogP contribution in [-0.4, -0.2) is 49.2 Å². The Morgan fingerprint density at radius 2 is 2.05 bits per heavy atom. The molecule has 0 spiro atoms. The summed E-state index contributed by atoms with van der Waals surface area (Å²) in [6, 6.07) is 5.66. The summed E-state index contributed by atoms with van der Waals surface area (Å²) in [6.45, 7) is 2.19. The molecule has 2 rings (SSSR count). The van der Waals surface area contributed by atoms with E-state index < -0.39 is 5.97 Å². The standard InChI is InChI=1S/C14H21N3O2/c1-16-7-5-10(6-8-16)17(2)11-3-4-12(14(18)19)13(15)9-11/h3-4,9-10H,5-8,15H2,1-2H3,(H,18,19). The minimum atomic E-state index is -0.981. The number of anilines is 2. The number of carbonyl (C=O) groups is 1. The smallest absolute Gasteiger partial charge is 0.337 e. The van der Waals surface area contributed by atoms with Gasteiger partial charge in [0.05, 0.1) is 5.56 Å². The number of hydrogen-bond acceptors (Lipinski definition) is 4. The fraction of sp³-hybridized carbons (Fsp3) is 0.500. The Balaban J connectivity index is 2.13. The van der Waals surface area contributed by atoms with E-state index in [2.05, 4.69) is 16.8 Å². The topological polar surface area (TPSA) is 69.8 Å². The minimum Gasteiger partial charge on any atom is -0.478 e. The summed E-state index contributed by atoms with van der Waals surface area (Å²) in [4.78, 5) is 15.5. The van der Waals surface area contributed by atoms with Crippen LogP contribution in [0.5, 0.6) is 0 Å². The first-order valence-corrected chi connectivity index (χ1v) is 6.53. The summed E-state index contributed by atoms with van der Waals surface area (Å²) < 4.78 is 0. The monoisotopic (exact) mass is 263 g/mol. The Morgan fingerprint density at radius 1 is 1.42 bits per heavy atom. The van der Waals surface area contributed by atoms with Gasteiger partial charge in [-0.05, 0) is 51.2 Å². The van der Waals surface area contributed by atoms with Crippen molar-refractivity contribution < 1.29 is 9.90 Å². The van der Waals surface area contributed by atoms with Gasteiger partial charge in [0.15, 0.2) is 0 Å². The molecule has 0 unspecified atom stereocenters. The molecule has 5 heteroatoms. The Hall–Kier alpha value is -1.75. The highest BCUT2D eigenvalue weighted by Gasteiger charge is 2.21. The van der Waals surface area contributed by atoms with Crippen LogP contribution in [0.15, 0.2) is 18.2 Å². The molecule has 1 aromatic rings. The number of carboxylic acids is 1. The molecule has 3 N–H and O–H groups in total. The van der Waals surface area contributed by atoms with Crippen molar-refractivity contribution in [2.75, 3.05) is 37.8 Å². The van der Waals surface area contributed by atoms with E-state index in [9.17, 15) is 4.79 Å². The molecule has 0 atom stereocenters. The first-order chi connectivity index (χ1) is 8.99. The summed E-state index contributed by atoms with van der Waals surface area (Å²) in [6.07, 6.45) is 2.24. The average molecular weight is 263 g/mol. The van der Waals surface area contributed by atoms with E-state index in [1.165, 1.54) is 0 Å². The number of nitrogen functional groups attached to an aromatic ring is 1. The molecule has 1 fully saturated rings. The average Bonchev–Trinajstić information content (AvgIpc) is 2.38. The van der Waals surface area contributed by atoms with Crippen molar-refractivity contribution in [1.82, 2.24) is 4.90 Å². The Bertz CT molecular complexity index is 468. The molecular formula is C14H21N3O2. The van der Waals surface area contributed by atoms with E-state index in [0.717, 1.165) is 31.6 Å². The zero-order valence-electron chi connectivity index (χ0n) is 11.5. The van der Waals surface area contributed by atoms with E-state index >= 15 is 0 Å². The van der Waals surface area contributed by atoms with Gasteiger partial charge in [-0.25, -0.2) is 4.79 Å². The predicted octanol–water partition coefficient (Wildman–Crippen LogP) is 1.50. The minimum absolute atomic E-state index is 0.167. The molecule has 0 amide bonds. The van der Waals surface area contributed by atoms with Gasteiger partial charge in [0.25, 0.3) is 0 Å². The largest absolute Gasteiger partial charge is 0.478 e. The molecule has 0 radical (unpaired) electrons. The van der Waals surface area contributed by atoms with Crippen molar-refractivity contribution in [2.24, 2.45) is 0 Å². The Kier molecular flexibility index (Phi) is 3.95. The summed E-state index contributed by atoms with van der Waals surface area (Å²) in [5.41, 5.74) is 7.27. The van der Waals surface area contributed by atoms with Gasteiger partial charge in [-0.15, -0.1) is 0 Å². The van der Waals surface area contributed by atoms with Gasteiger partial charge in [0.2, 0.25) is 0 Å². The number of hydrogen-bond donors (Lipinski definition) is 2. The lowest BCUT2D eigenvalue weighted by atomic mass is 10.0. The van der Waals surface area contributed by atoms with Crippen LogP contribution in [0.3, 0.4) is 0 Å². The van der Waals surface area contributed by atoms with Crippen molar-refractivity contribution >= 4 is 17.3 Å². The quantitative estimate of drug-likeness (QED) is 0.809. The van der Waals surface area contributed by atoms with Crippen LogP contribution in [0.2, 0.25) is 0 Å². The van der Waals surface area contributed by atoms with Crippen molar-refractivity contribution in [3.63, 3.8) is 0 Å². The fourth-order valence-electron chi connectivity index (χ4n) is 2.56. The molecule has 19 heavy (non-hydrogen) atoms. The van der Waals surface area contributed by atoms with Gasteiger partial charge in [-0.3, -0.25) is 0 Å². The van der Waals surface area contributed by atoms with Gasteiger partial charge in [0, 0.05) is 24.5 Å². The molecule has 1 aliphatic rings. The van der Waals surface area contributed by atoms with Crippen molar-refractivity contribution in [3.8, 4) is 0 Å². The lowest BCUT2D eigenvalue weighted by Gasteiger charge is -2.36. The molecule has 1 saturated heterocycles. The first-order valence-electron chi connectivity index (χ1n) is 6.53. The number of aromatic carboxylic acids is 1. The van der Waals surface area contributed by atoms with Crippen molar-refractivity contribution in [3.05, 3.63) is 23.8 Å². The van der Waals surface area contributed by atoms with Crippen LogP contribution >= 0.6 is 0 Å². The van der Waals surface area contributed by atoms with Crippen LogP contribution in [-0.2, 0) is 0 Å². The van der Waals surface area contributed by atoms with E-state index in [0.29, 0.717) is 11.7 Å². The predicted molar refractivity (Wildman–Crippen MR) is 76.7 cm³/mol. The Morgan fingerprint density at radius 3 is 2.58 bits per heavy atom. The molecule has 0 aliphatic carbocycles. The van der Waals surface area contributed by atoms with E-state index in [4.69, 9.17) is 10.8 Å². The van der Waals surface area contributed by atoms with Crippen LogP contribution in [0, 0.1) is 0 Å². The van der Waals surface area contributed by atoms with E-state index in [-0.39, 0.29) is 5.56 Å². The molecular weight excluding hydrogens is 242 g/mol. The molecule has 1 aromatic carbocycles. The van der Waals surface area contributed by atoms with Gasteiger partial charge in [-0.1, -0.05) is 0 Å². The fourth-order valence-corrected chi connectivity index (χ4v) is 2.56. The second-order valence-electron chi connectivity index (χ2n) is 5.22. The maximum atomic E-state index is 10.9. The number of nitrogens with zero attached hydrogens (tertiary/aromatic N) is 2. The van der Waals surface area contributed by atoms with Crippen LogP contribution in [0.25, 0.3) is 0 Å². The maximum absolute atomic E-state index is 10.9. The molecule has 0 bridgehead atoms. The zero-order valence-corrected chi connectivity index (χ0v) is 11.5. The summed E-state index contributed by atoms with van der Waals surface area (Å²) in [7, 11) is 4.18. The lowest BCUT2D eigenvalue weighted by Crippen LogP contribution is -2.42. The molecule has 5 nitrogen and oxygen atoms in total. The van der Waals surface area contributed by atoms with Crippen LogP contribution in [0.4, 0.5) is 11.4 Å². The second-order valence-corrected chi connectivity index (χ2v) is 5.22. The van der Waals surface area contributed by atoms with Gasteiger partial charge in [-0.2, -0.15) is 0 Å². The Labute approximate surface area is 113 Å². The first kappa shape index (κ1) is 13.7. The molecule has 104 valence electrons. The van der Waals surface area contributed by atoms with Gasteiger partial charge < -0.3 is 20.6 Å². The number of benzene rings is 1. The highest BCUT2D eigenvalue weighted by atomic mass is 16.4. The summed E-state index contributed by atoms with van der Waals surface area (Å²) in [5, 5.41) is 8.97. The molecule has 0 aromatic heterocycles. The van der Waals surface area contributed by atoms with Crippen molar-refractivity contribution in [1.29, 1.82) is 0 Å². The van der Waals surface area contributed by atoms with Gasteiger partial charge >= 0.3 is 5.97 Å². The lowest BCUT2D eigenvalue weighted by molar-refractivity contribution is 0.0698. The third-order valence-corrected chi connectivity index (χ3v) is 3.91. The summed E-state index contributed by atoms with van der Waals surface area (Å²) in [5.74, 6) is -0.981. The van der Waals surface area contributed by atoms with Crippen LogP contribution in [0.1, 0.15) is 23.2 Å². The highest BCUT2D eigenvalue weighted by molar-refractivity contribution is 5.94. The maximum Gasteiger partial charge on any atom is 0.337 e. The number of piperidine rings is 1. The molecule has 1 aliphatic heterocycles. The molecule has 1 heterocycles. The summed E-state index contributed by atoms with van der Waals surface area (Å²) >= 11 is 0. The molecule has 0 saturated carbocycles. The van der Waals surface area contributed by atoms with E-state index in [1.54, 1.807) is 12.1 Å². The van der Waals surface area contributed by atoms with Crippen molar-refractivity contribution in [2.45, 2.75) is 18.9 Å². The third-order valence-electron chi connectivity index (χ3n) is 3.91. The highest BCUT2D eigenvalue weighted by Crippen LogP contribution is 2.25. The number of rotatable bonds is 3. The van der Waals surface area contributed by atoms with Crippen LogP contribution < -0.4 is 10.6 Å². The van der Waals surface area contributed by atoms with Gasteiger partial charge in [0.1, 0.15) is 0 Å². The SMILES string of the molecule is CN1CCC(N(C)c2ccc(C(=O)O)c(N)c2)CC1. The number of likely N-dealkylation sites (tertiary alicyclic amines) is 1. The second kappa shape index (κ2) is 5.48. The third kappa shape index (κ3) is 2.98. The normalized spacial score (nSPS) is 17.4. The van der Waals surface area contributed by atoms with E-state index in [1.807, 2.05) is 13.1 Å². The number of carboxylic acid groups (broad SMARTS) is 1. The zero-order chi connectivity index (χ0) is 14.0. The number of nitrogens with two attached hydrogens (primary N) is 1.